The van der Waals surface area contributed by atoms with Crippen LogP contribution in [0.25, 0.3) is 0 Å². The molecule has 0 spiro atoms. The van der Waals surface area contributed by atoms with Crippen LogP contribution in [0.5, 0.6) is 0 Å². The minimum absolute atomic E-state index is 0.531. The van der Waals surface area contributed by atoms with Gasteiger partial charge in [-0.3, -0.25) is 0 Å². The van der Waals surface area contributed by atoms with Crippen molar-refractivity contribution in [1.82, 2.24) is 0 Å². The van der Waals surface area contributed by atoms with Crippen molar-refractivity contribution in [2.75, 3.05) is 0 Å². The van der Waals surface area contributed by atoms with Gasteiger partial charge >= 0.3 is 0 Å². The highest BCUT2D eigenvalue weighted by molar-refractivity contribution is 14.1. The molecule has 2 heteroatoms. The normalized spacial score (nSPS) is 27.2. The third kappa shape index (κ3) is 1.97. The lowest BCUT2D eigenvalue weighted by Crippen LogP contribution is -1.97. The molecule has 1 rings (SSSR count). The Labute approximate surface area is 74.1 Å². The number of allylic oxidation sites excluding steroid dienone is 4. The summed E-state index contributed by atoms with van der Waals surface area (Å²) in [6.45, 7) is 2.14. The van der Waals surface area contributed by atoms with Crippen LogP contribution in [0.3, 0.4) is 0 Å². The summed E-state index contributed by atoms with van der Waals surface area (Å²) in [6, 6.07) is 0. The Kier molecular flexibility index (Phi) is 2.59. The first kappa shape index (κ1) is 7.61. The molecule has 0 aliphatic heterocycles. The van der Waals surface area contributed by atoms with Gasteiger partial charge in [0.05, 0.1) is 0 Å². The zero-order chi connectivity index (χ0) is 6.85. The lowest BCUT2D eigenvalue weighted by Gasteiger charge is -2.12. The Balaban J connectivity index is 2.74. The Morgan fingerprint density at radius 1 is 1.67 bits per heavy atom. The van der Waals surface area contributed by atoms with Crippen LogP contribution in [0, 0.1) is 5.92 Å². The molecule has 0 saturated heterocycles. The first-order valence-electron chi connectivity index (χ1n) is 2.92. The van der Waals surface area contributed by atoms with Gasteiger partial charge in [-0.15, -0.1) is 0 Å². The van der Waals surface area contributed by atoms with E-state index < -0.39 is 0 Å². The molecule has 0 aromatic carbocycles. The molecule has 9 heavy (non-hydrogen) atoms. The Bertz CT molecular complexity index is 170. The van der Waals surface area contributed by atoms with Crippen LogP contribution in [-0.4, -0.2) is 0 Å². The number of hydrogen-bond acceptors (Lipinski definition) is 0. The van der Waals surface area contributed by atoms with Gasteiger partial charge in [-0.1, -0.05) is 24.6 Å². The minimum Gasteiger partial charge on any atom is -0.0888 e. The maximum atomic E-state index is 5.85. The van der Waals surface area contributed by atoms with Crippen molar-refractivity contribution in [3.63, 3.8) is 0 Å². The highest BCUT2D eigenvalue weighted by Crippen LogP contribution is 2.29. The third-order valence-corrected chi connectivity index (χ3v) is 2.69. The molecular formula is C7H8ClI. The molecule has 0 saturated carbocycles. The molecule has 1 unspecified atom stereocenters. The van der Waals surface area contributed by atoms with Gasteiger partial charge in [0.25, 0.3) is 0 Å². The fourth-order valence-electron chi connectivity index (χ4n) is 0.792. The predicted molar refractivity (Wildman–Crippen MR) is 49.8 cm³/mol. The van der Waals surface area contributed by atoms with Gasteiger partial charge in [-0.2, -0.15) is 0 Å². The van der Waals surface area contributed by atoms with Crippen LogP contribution in [0.2, 0.25) is 0 Å². The number of halogens is 2. The zero-order valence-corrected chi connectivity index (χ0v) is 8.11. The summed E-state index contributed by atoms with van der Waals surface area (Å²) >= 11 is 8.19. The highest BCUT2D eigenvalue weighted by Gasteiger charge is 2.10. The van der Waals surface area contributed by atoms with Crippen molar-refractivity contribution < 1.29 is 0 Å². The number of hydrogen-bond donors (Lipinski definition) is 0. The van der Waals surface area contributed by atoms with E-state index in [4.69, 9.17) is 11.6 Å². The molecule has 0 N–H and O–H groups in total. The molecule has 0 aromatic heterocycles. The second kappa shape index (κ2) is 3.06. The van der Waals surface area contributed by atoms with E-state index in [0.29, 0.717) is 5.92 Å². The molecule has 1 atom stereocenters. The maximum Gasteiger partial charge on any atom is 0.0212 e. The molecule has 0 heterocycles. The quantitative estimate of drug-likeness (QED) is 0.581. The lowest BCUT2D eigenvalue weighted by molar-refractivity contribution is 0.718. The molecule has 0 amide bonds. The summed E-state index contributed by atoms with van der Waals surface area (Å²) in [7, 11) is 0. The summed E-state index contributed by atoms with van der Waals surface area (Å²) in [5.41, 5.74) is 0. The smallest absolute Gasteiger partial charge is 0.0212 e. The summed E-state index contributed by atoms with van der Waals surface area (Å²) < 4.78 is 1.39. The fourth-order valence-corrected chi connectivity index (χ4v) is 1.77. The Hall–Kier alpha value is 0.500. The molecule has 0 bridgehead atoms. The van der Waals surface area contributed by atoms with E-state index in [2.05, 4.69) is 35.6 Å². The lowest BCUT2D eigenvalue weighted by atomic mass is 10.0. The topological polar surface area (TPSA) is 0 Å². The van der Waals surface area contributed by atoms with Crippen LogP contribution in [-0.2, 0) is 0 Å². The first-order chi connectivity index (χ1) is 4.20. The van der Waals surface area contributed by atoms with Crippen molar-refractivity contribution in [2.24, 2.45) is 5.92 Å². The average Bonchev–Trinajstić information content (AvgIpc) is 1.80. The van der Waals surface area contributed by atoms with E-state index in [1.807, 2.05) is 6.08 Å². The second-order valence-electron chi connectivity index (χ2n) is 2.27. The van der Waals surface area contributed by atoms with Gasteiger partial charge in [0.1, 0.15) is 0 Å². The van der Waals surface area contributed by atoms with Crippen molar-refractivity contribution in [3.8, 4) is 0 Å². The molecule has 0 nitrogen and oxygen atoms in total. The van der Waals surface area contributed by atoms with E-state index in [9.17, 15) is 0 Å². The fraction of sp³-hybridized carbons (Fsp3) is 0.429. The summed E-state index contributed by atoms with van der Waals surface area (Å²) in [4.78, 5) is 0. The molecule has 0 radical (unpaired) electrons. The molecular weight excluding hydrogens is 246 g/mol. The van der Waals surface area contributed by atoms with Crippen LogP contribution in [0.4, 0.5) is 0 Å². The van der Waals surface area contributed by atoms with Crippen molar-refractivity contribution in [2.45, 2.75) is 13.3 Å². The van der Waals surface area contributed by atoms with Crippen molar-refractivity contribution in [3.05, 3.63) is 20.8 Å². The van der Waals surface area contributed by atoms with Gasteiger partial charge in [-0.25, -0.2) is 0 Å². The van der Waals surface area contributed by atoms with E-state index in [1.54, 1.807) is 0 Å². The van der Waals surface area contributed by atoms with Crippen LogP contribution < -0.4 is 0 Å². The third-order valence-electron chi connectivity index (χ3n) is 1.40. The van der Waals surface area contributed by atoms with Crippen molar-refractivity contribution in [1.29, 1.82) is 0 Å². The van der Waals surface area contributed by atoms with Gasteiger partial charge in [0.2, 0.25) is 0 Å². The Morgan fingerprint density at radius 2 is 2.33 bits per heavy atom. The monoisotopic (exact) mass is 254 g/mol. The molecule has 0 fully saturated rings. The van der Waals surface area contributed by atoms with E-state index in [-0.39, 0.29) is 0 Å². The number of rotatable bonds is 0. The maximum absolute atomic E-state index is 5.85. The highest BCUT2D eigenvalue weighted by atomic mass is 127. The molecule has 0 aromatic rings. The van der Waals surface area contributed by atoms with E-state index >= 15 is 0 Å². The van der Waals surface area contributed by atoms with Gasteiger partial charge in [-0.05, 0) is 44.6 Å². The first-order valence-corrected chi connectivity index (χ1v) is 4.37. The van der Waals surface area contributed by atoms with E-state index in [1.165, 1.54) is 3.58 Å². The van der Waals surface area contributed by atoms with Gasteiger partial charge in [0.15, 0.2) is 0 Å². The zero-order valence-electron chi connectivity index (χ0n) is 5.20. The molecule has 1 aliphatic rings. The predicted octanol–water partition coefficient (Wildman–Crippen LogP) is 3.47. The SMILES string of the molecule is CC1CC(I)=CC=C1Cl. The van der Waals surface area contributed by atoms with E-state index in [0.717, 1.165) is 11.5 Å². The van der Waals surface area contributed by atoms with Crippen LogP contribution >= 0.6 is 34.2 Å². The minimum atomic E-state index is 0.531. The summed E-state index contributed by atoms with van der Waals surface area (Å²) in [5.74, 6) is 0.531. The van der Waals surface area contributed by atoms with Gasteiger partial charge < -0.3 is 0 Å². The Morgan fingerprint density at radius 3 is 2.78 bits per heavy atom. The summed E-state index contributed by atoms with van der Waals surface area (Å²) in [5, 5.41) is 0.982. The summed E-state index contributed by atoms with van der Waals surface area (Å²) in [6.07, 6.45) is 5.16. The average molecular weight is 254 g/mol. The van der Waals surface area contributed by atoms with Gasteiger partial charge in [0, 0.05) is 5.03 Å². The van der Waals surface area contributed by atoms with Crippen LogP contribution in [0.15, 0.2) is 20.8 Å². The molecule has 1 aliphatic carbocycles. The molecule has 50 valence electrons. The second-order valence-corrected chi connectivity index (χ2v) is 4.09. The van der Waals surface area contributed by atoms with Crippen molar-refractivity contribution >= 4 is 34.2 Å². The van der Waals surface area contributed by atoms with Crippen LogP contribution in [0.1, 0.15) is 13.3 Å². The largest absolute Gasteiger partial charge is 0.0888 e. The standard InChI is InChI=1S/C7H8ClI/c1-5-4-6(9)2-3-7(5)8/h2-3,5H,4H2,1H3.